The normalized spacial score (nSPS) is 14.5. The third-order valence-corrected chi connectivity index (χ3v) is 6.41. The van der Waals surface area contributed by atoms with Gasteiger partial charge >= 0.3 is 0 Å². The summed E-state index contributed by atoms with van der Waals surface area (Å²) in [6.07, 6.45) is 1.78. The summed E-state index contributed by atoms with van der Waals surface area (Å²) in [5, 5.41) is 1.08. The molecule has 1 aliphatic rings. The number of halogens is 1. The van der Waals surface area contributed by atoms with Gasteiger partial charge in [0.1, 0.15) is 17.2 Å². The first-order valence-electron chi connectivity index (χ1n) is 10.3. The fourth-order valence-electron chi connectivity index (χ4n) is 3.42. The number of methoxy groups -OCH3 is 2. The van der Waals surface area contributed by atoms with Crippen molar-refractivity contribution in [2.45, 2.75) is 12.7 Å². The highest BCUT2D eigenvalue weighted by Gasteiger charge is 2.32. The van der Waals surface area contributed by atoms with Gasteiger partial charge in [-0.3, -0.25) is 9.69 Å². The molecule has 4 rings (SSSR count). The van der Waals surface area contributed by atoms with Crippen LogP contribution in [0.25, 0.3) is 6.08 Å². The van der Waals surface area contributed by atoms with Gasteiger partial charge in [-0.1, -0.05) is 65.3 Å². The number of thioether (sulfide) groups is 1. The highest BCUT2D eigenvalue weighted by molar-refractivity contribution is 8.13. The van der Waals surface area contributed by atoms with Crippen molar-refractivity contribution in [2.75, 3.05) is 19.1 Å². The molecule has 0 bridgehead atoms. The number of amides is 1. The minimum atomic E-state index is -0.207. The van der Waals surface area contributed by atoms with Crippen LogP contribution in [0.4, 0.5) is 5.69 Å². The van der Waals surface area contributed by atoms with Crippen LogP contribution in [-0.2, 0) is 10.5 Å². The Hall–Kier alpha value is -3.22. The maximum absolute atomic E-state index is 13.4. The number of carbonyl (C=O) groups excluding carboxylic acids is 1. The number of rotatable bonds is 6. The molecule has 0 saturated heterocycles. The lowest BCUT2D eigenvalue weighted by molar-refractivity contribution is -0.113. The fourth-order valence-corrected chi connectivity index (χ4v) is 4.57. The van der Waals surface area contributed by atoms with Crippen LogP contribution >= 0.6 is 23.4 Å². The summed E-state index contributed by atoms with van der Waals surface area (Å²) < 4.78 is 10.6. The first kappa shape index (κ1) is 23.0. The number of carbonyl (C=O) groups is 1. The quantitative estimate of drug-likeness (QED) is 0.388. The van der Waals surface area contributed by atoms with Crippen LogP contribution in [0.3, 0.4) is 0 Å². The van der Waals surface area contributed by atoms with Gasteiger partial charge in [0.05, 0.1) is 24.9 Å². The molecule has 0 saturated carbocycles. The molecule has 1 amide bonds. The van der Waals surface area contributed by atoms with Crippen molar-refractivity contribution in [2.24, 2.45) is 4.99 Å². The van der Waals surface area contributed by atoms with Crippen LogP contribution in [0.2, 0.25) is 5.02 Å². The predicted molar refractivity (Wildman–Crippen MR) is 136 cm³/mol. The van der Waals surface area contributed by atoms with Crippen LogP contribution < -0.4 is 14.4 Å². The summed E-state index contributed by atoms with van der Waals surface area (Å²) in [7, 11) is 3.17. The number of amidine groups is 1. The van der Waals surface area contributed by atoms with Gasteiger partial charge in [0.25, 0.3) is 5.91 Å². The average molecular weight is 479 g/mol. The standard InChI is InChI=1S/C26H23ClN2O3S/c1-17-5-4-6-19(13-17)16-33-26-28-23(14-18-7-10-21(31-2)11-8-18)25(30)29(26)20-9-12-22(27)24(15-20)32-3/h4-15H,16H2,1-3H3. The monoisotopic (exact) mass is 478 g/mol. The summed E-state index contributed by atoms with van der Waals surface area (Å²) in [6, 6.07) is 21.0. The van der Waals surface area contributed by atoms with E-state index in [1.54, 1.807) is 43.4 Å². The number of aliphatic imine (C=N–C) groups is 1. The highest BCUT2D eigenvalue weighted by atomic mass is 35.5. The van der Waals surface area contributed by atoms with Crippen molar-refractivity contribution in [3.05, 3.63) is 94.1 Å². The molecule has 0 aliphatic carbocycles. The Morgan fingerprint density at radius 1 is 1.03 bits per heavy atom. The van der Waals surface area contributed by atoms with E-state index >= 15 is 0 Å². The van der Waals surface area contributed by atoms with E-state index in [9.17, 15) is 4.79 Å². The van der Waals surface area contributed by atoms with Crippen molar-refractivity contribution < 1.29 is 14.3 Å². The second-order valence-corrected chi connectivity index (χ2v) is 8.78. The lowest BCUT2D eigenvalue weighted by Gasteiger charge is -2.19. The number of hydrogen-bond acceptors (Lipinski definition) is 5. The molecule has 0 aromatic heterocycles. The minimum Gasteiger partial charge on any atom is -0.497 e. The number of nitrogens with zero attached hydrogens (tertiary/aromatic N) is 2. The van der Waals surface area contributed by atoms with E-state index in [2.05, 4.69) is 25.1 Å². The van der Waals surface area contributed by atoms with Gasteiger partial charge in [-0.15, -0.1) is 0 Å². The Balaban J connectivity index is 1.68. The number of hydrogen-bond donors (Lipinski definition) is 0. The Bertz CT molecular complexity index is 1240. The van der Waals surface area contributed by atoms with Crippen LogP contribution in [0.1, 0.15) is 16.7 Å². The topological polar surface area (TPSA) is 51.1 Å². The van der Waals surface area contributed by atoms with Crippen molar-refractivity contribution in [1.29, 1.82) is 0 Å². The molecule has 0 atom stereocenters. The van der Waals surface area contributed by atoms with Gasteiger partial charge in [-0.05, 0) is 48.4 Å². The molecule has 0 spiro atoms. The first-order chi connectivity index (χ1) is 16.0. The highest BCUT2D eigenvalue weighted by Crippen LogP contribution is 2.35. The molecule has 3 aromatic carbocycles. The maximum Gasteiger partial charge on any atom is 0.283 e. The molecule has 5 nitrogen and oxygen atoms in total. The molecule has 1 aliphatic heterocycles. The van der Waals surface area contributed by atoms with Crippen LogP contribution in [0, 0.1) is 6.92 Å². The van der Waals surface area contributed by atoms with Gasteiger partial charge in [0.2, 0.25) is 0 Å². The molecular weight excluding hydrogens is 456 g/mol. The minimum absolute atomic E-state index is 0.207. The molecule has 0 unspecified atom stereocenters. The van der Waals surface area contributed by atoms with Crippen molar-refractivity contribution in [3.8, 4) is 11.5 Å². The molecule has 0 fully saturated rings. The lowest BCUT2D eigenvalue weighted by atomic mass is 10.2. The van der Waals surface area contributed by atoms with E-state index in [0.29, 0.717) is 33.1 Å². The Morgan fingerprint density at radius 3 is 2.52 bits per heavy atom. The summed E-state index contributed by atoms with van der Waals surface area (Å²) in [5.41, 5.74) is 4.23. The zero-order valence-electron chi connectivity index (χ0n) is 18.5. The van der Waals surface area contributed by atoms with E-state index in [4.69, 9.17) is 26.1 Å². The fraction of sp³-hybridized carbons (Fsp3) is 0.154. The van der Waals surface area contributed by atoms with Gasteiger partial charge < -0.3 is 9.47 Å². The third kappa shape index (κ3) is 5.24. The number of aryl methyl sites for hydroxylation is 1. The van der Waals surface area contributed by atoms with E-state index in [1.165, 1.54) is 17.3 Å². The van der Waals surface area contributed by atoms with Gasteiger partial charge in [-0.2, -0.15) is 0 Å². The predicted octanol–water partition coefficient (Wildman–Crippen LogP) is 6.34. The third-order valence-electron chi connectivity index (χ3n) is 5.09. The molecule has 33 heavy (non-hydrogen) atoms. The van der Waals surface area contributed by atoms with Gasteiger partial charge in [-0.25, -0.2) is 4.99 Å². The first-order valence-corrected chi connectivity index (χ1v) is 11.7. The molecule has 3 aromatic rings. The van der Waals surface area contributed by atoms with Crippen LogP contribution in [0.5, 0.6) is 11.5 Å². The largest absolute Gasteiger partial charge is 0.497 e. The average Bonchev–Trinajstić information content (AvgIpc) is 3.13. The van der Waals surface area contributed by atoms with Gasteiger partial charge in [0, 0.05) is 11.8 Å². The summed E-state index contributed by atoms with van der Waals surface area (Å²) in [4.78, 5) is 19.7. The van der Waals surface area contributed by atoms with Crippen molar-refractivity contribution in [1.82, 2.24) is 0 Å². The zero-order valence-corrected chi connectivity index (χ0v) is 20.1. The maximum atomic E-state index is 13.4. The number of ether oxygens (including phenoxy) is 2. The molecular formula is C26H23ClN2O3S. The summed E-state index contributed by atoms with van der Waals surface area (Å²) in [6.45, 7) is 2.06. The molecule has 1 heterocycles. The van der Waals surface area contributed by atoms with E-state index in [-0.39, 0.29) is 5.91 Å². The smallest absolute Gasteiger partial charge is 0.283 e. The number of anilines is 1. The molecule has 0 N–H and O–H groups in total. The SMILES string of the molecule is COc1ccc(C=C2N=C(SCc3cccc(C)c3)N(c3ccc(Cl)c(OC)c3)C2=O)cc1. The van der Waals surface area contributed by atoms with Crippen molar-refractivity contribution >= 4 is 46.2 Å². The van der Waals surface area contributed by atoms with Gasteiger partial charge in [0.15, 0.2) is 5.17 Å². The Labute approximate surface area is 202 Å². The second kappa shape index (κ2) is 10.1. The Morgan fingerprint density at radius 2 is 1.82 bits per heavy atom. The molecule has 7 heteroatoms. The molecule has 0 radical (unpaired) electrons. The number of benzene rings is 3. The van der Waals surface area contributed by atoms with Crippen LogP contribution in [-0.4, -0.2) is 25.3 Å². The second-order valence-electron chi connectivity index (χ2n) is 7.43. The van der Waals surface area contributed by atoms with Crippen LogP contribution in [0.15, 0.2) is 77.4 Å². The zero-order chi connectivity index (χ0) is 23.4. The van der Waals surface area contributed by atoms with E-state index in [1.807, 2.05) is 30.3 Å². The summed E-state index contributed by atoms with van der Waals surface area (Å²) >= 11 is 7.72. The van der Waals surface area contributed by atoms with E-state index in [0.717, 1.165) is 16.9 Å². The Kier molecular flexibility index (Phi) is 7.06. The molecule has 168 valence electrons. The summed E-state index contributed by atoms with van der Waals surface area (Å²) in [5.74, 6) is 1.73. The van der Waals surface area contributed by atoms with E-state index < -0.39 is 0 Å². The lowest BCUT2D eigenvalue weighted by Crippen LogP contribution is -2.30. The van der Waals surface area contributed by atoms with Crippen molar-refractivity contribution in [3.63, 3.8) is 0 Å².